The van der Waals surface area contributed by atoms with Crippen LogP contribution in [0, 0.1) is 0 Å². The van der Waals surface area contributed by atoms with E-state index in [1.54, 1.807) is 12.1 Å². The van der Waals surface area contributed by atoms with E-state index in [9.17, 15) is 4.79 Å². The smallest absolute Gasteiger partial charge is 0.150 e. The predicted molar refractivity (Wildman–Crippen MR) is 31.8 cm³/mol. The number of benzene rings is 1. The number of hydrogen-bond acceptors (Lipinski definition) is 1. The normalized spacial score (nSPS) is 7.56. The van der Waals surface area contributed by atoms with E-state index < -0.39 is 0 Å². The first-order valence-corrected chi connectivity index (χ1v) is 2.44. The second kappa shape index (κ2) is 4.30. The molecule has 2 heteroatoms. The third-order valence-electron chi connectivity index (χ3n) is 0.936. The Morgan fingerprint density at radius 3 is 2.00 bits per heavy atom. The Hall–Kier alpha value is -0.591. The molecule has 0 fully saturated rings. The third-order valence-corrected chi connectivity index (χ3v) is 0.936. The summed E-state index contributed by atoms with van der Waals surface area (Å²) in [7, 11) is 0. The summed E-state index contributed by atoms with van der Waals surface area (Å²) >= 11 is 0. The van der Waals surface area contributed by atoms with Crippen molar-refractivity contribution in [2.45, 2.75) is 0 Å². The molecule has 0 N–H and O–H groups in total. The molecule has 1 aromatic carbocycles. The van der Waals surface area contributed by atoms with Gasteiger partial charge in [-0.05, 0) is 0 Å². The summed E-state index contributed by atoms with van der Waals surface area (Å²) in [4.78, 5) is 10.0. The number of carbonyl (C=O) groups excluding carboxylic acids is 1. The number of rotatable bonds is 1. The van der Waals surface area contributed by atoms with Crippen LogP contribution in [0.15, 0.2) is 30.3 Å². The van der Waals surface area contributed by atoms with Crippen molar-refractivity contribution in [3.05, 3.63) is 35.9 Å². The zero-order chi connectivity index (χ0) is 5.82. The van der Waals surface area contributed by atoms with Gasteiger partial charge < -0.3 is 0 Å². The van der Waals surface area contributed by atoms with E-state index in [4.69, 9.17) is 0 Å². The molecule has 0 bridgehead atoms. The SMILES string of the molecule is O=Cc1ccccc1.[Cu]. The largest absolute Gasteiger partial charge is 0.298 e. The average molecular weight is 170 g/mol. The van der Waals surface area contributed by atoms with Crippen molar-refractivity contribution in [2.24, 2.45) is 0 Å². The van der Waals surface area contributed by atoms with Gasteiger partial charge in [-0.1, -0.05) is 30.3 Å². The molecule has 9 heavy (non-hydrogen) atoms. The summed E-state index contributed by atoms with van der Waals surface area (Å²) in [6.45, 7) is 0. The van der Waals surface area contributed by atoms with Crippen LogP contribution in [0.4, 0.5) is 0 Å². The minimum atomic E-state index is 0. The summed E-state index contributed by atoms with van der Waals surface area (Å²) in [6.07, 6.45) is 0.833. The van der Waals surface area contributed by atoms with Gasteiger partial charge in [0.05, 0.1) is 0 Å². The van der Waals surface area contributed by atoms with Gasteiger partial charge in [0.2, 0.25) is 0 Å². The van der Waals surface area contributed by atoms with Crippen molar-refractivity contribution in [3.63, 3.8) is 0 Å². The molecule has 0 aromatic heterocycles. The maximum absolute atomic E-state index is 10.0. The van der Waals surface area contributed by atoms with Crippen LogP contribution in [0.2, 0.25) is 0 Å². The van der Waals surface area contributed by atoms with E-state index >= 15 is 0 Å². The van der Waals surface area contributed by atoms with Crippen molar-refractivity contribution in [2.75, 3.05) is 0 Å². The molecule has 0 saturated carbocycles. The molecule has 0 heterocycles. The van der Waals surface area contributed by atoms with Gasteiger partial charge >= 0.3 is 0 Å². The predicted octanol–water partition coefficient (Wildman–Crippen LogP) is 1.50. The third kappa shape index (κ3) is 2.45. The fourth-order valence-corrected chi connectivity index (χ4v) is 0.532. The van der Waals surface area contributed by atoms with Gasteiger partial charge in [-0.25, -0.2) is 0 Å². The van der Waals surface area contributed by atoms with Gasteiger partial charge in [-0.2, -0.15) is 0 Å². The summed E-state index contributed by atoms with van der Waals surface area (Å²) in [5, 5.41) is 0. The minimum absolute atomic E-state index is 0. The van der Waals surface area contributed by atoms with Crippen molar-refractivity contribution >= 4 is 6.29 Å². The topological polar surface area (TPSA) is 17.1 Å². The molecule has 1 rings (SSSR count). The average Bonchev–Trinajstić information content (AvgIpc) is 1.90. The molecule has 0 aliphatic rings. The molecule has 0 saturated heterocycles. The van der Waals surface area contributed by atoms with Crippen molar-refractivity contribution in [3.8, 4) is 0 Å². The van der Waals surface area contributed by atoms with Gasteiger partial charge in [0.25, 0.3) is 0 Å². The van der Waals surface area contributed by atoms with Gasteiger partial charge in [-0.3, -0.25) is 4.79 Å². The molecular weight excluding hydrogens is 164 g/mol. The molecule has 1 aromatic rings. The van der Waals surface area contributed by atoms with Crippen LogP contribution in [0.3, 0.4) is 0 Å². The molecule has 0 aliphatic heterocycles. The molecule has 0 atom stereocenters. The quantitative estimate of drug-likeness (QED) is 0.460. The molecule has 1 radical (unpaired) electrons. The Balaban J connectivity index is 0.000000640. The van der Waals surface area contributed by atoms with Crippen LogP contribution in [-0.4, -0.2) is 6.29 Å². The Kier molecular flexibility index (Phi) is 4.02. The number of hydrogen-bond donors (Lipinski definition) is 0. The van der Waals surface area contributed by atoms with Crippen LogP contribution < -0.4 is 0 Å². The van der Waals surface area contributed by atoms with Crippen LogP contribution in [0.5, 0.6) is 0 Å². The molecule has 51 valence electrons. The monoisotopic (exact) mass is 169 g/mol. The number of carbonyl (C=O) groups is 1. The fraction of sp³-hybridized carbons (Fsp3) is 0. The van der Waals surface area contributed by atoms with Crippen molar-refractivity contribution < 1.29 is 21.9 Å². The molecular formula is C7H6CuO. The molecule has 1 nitrogen and oxygen atoms in total. The Morgan fingerprint density at radius 2 is 1.67 bits per heavy atom. The maximum atomic E-state index is 10.0. The zero-order valence-electron chi connectivity index (χ0n) is 4.67. The summed E-state index contributed by atoms with van der Waals surface area (Å²) in [6, 6.07) is 9.10. The van der Waals surface area contributed by atoms with E-state index in [0.717, 1.165) is 11.8 Å². The van der Waals surface area contributed by atoms with Gasteiger partial charge in [0.15, 0.2) is 0 Å². The second-order valence-electron chi connectivity index (χ2n) is 1.53. The zero-order valence-corrected chi connectivity index (χ0v) is 5.62. The van der Waals surface area contributed by atoms with Crippen LogP contribution in [-0.2, 0) is 17.1 Å². The van der Waals surface area contributed by atoms with E-state index in [1.807, 2.05) is 18.2 Å². The first kappa shape index (κ1) is 8.41. The van der Waals surface area contributed by atoms with Crippen LogP contribution in [0.1, 0.15) is 10.4 Å². The van der Waals surface area contributed by atoms with E-state index in [2.05, 4.69) is 0 Å². The Morgan fingerprint density at radius 1 is 1.11 bits per heavy atom. The van der Waals surface area contributed by atoms with E-state index in [-0.39, 0.29) is 17.1 Å². The first-order valence-electron chi connectivity index (χ1n) is 2.44. The van der Waals surface area contributed by atoms with Crippen molar-refractivity contribution in [1.29, 1.82) is 0 Å². The summed E-state index contributed by atoms with van der Waals surface area (Å²) in [5.41, 5.74) is 0.729. The molecule has 0 unspecified atom stereocenters. The standard InChI is InChI=1S/C7H6O.Cu/c8-6-7-4-2-1-3-5-7;/h1-6H;. The Bertz CT molecular complexity index is 172. The van der Waals surface area contributed by atoms with Gasteiger partial charge in [0.1, 0.15) is 6.29 Å². The summed E-state index contributed by atoms with van der Waals surface area (Å²) in [5.74, 6) is 0. The summed E-state index contributed by atoms with van der Waals surface area (Å²) < 4.78 is 0. The van der Waals surface area contributed by atoms with Crippen LogP contribution in [0.25, 0.3) is 0 Å². The van der Waals surface area contributed by atoms with E-state index in [0.29, 0.717) is 0 Å². The van der Waals surface area contributed by atoms with E-state index in [1.165, 1.54) is 0 Å². The van der Waals surface area contributed by atoms with Gasteiger partial charge in [-0.15, -0.1) is 0 Å². The number of aldehydes is 1. The van der Waals surface area contributed by atoms with Gasteiger partial charge in [0, 0.05) is 22.6 Å². The minimum Gasteiger partial charge on any atom is -0.298 e. The Labute approximate surface area is 64.6 Å². The fourth-order valence-electron chi connectivity index (χ4n) is 0.532. The van der Waals surface area contributed by atoms with Crippen LogP contribution >= 0.6 is 0 Å². The molecule has 0 aliphatic carbocycles. The maximum Gasteiger partial charge on any atom is 0.150 e. The molecule has 0 spiro atoms. The first-order chi connectivity index (χ1) is 3.93. The molecule has 0 amide bonds. The van der Waals surface area contributed by atoms with Crippen molar-refractivity contribution in [1.82, 2.24) is 0 Å². The second-order valence-corrected chi connectivity index (χ2v) is 1.53.